The third kappa shape index (κ3) is 2.83. The summed E-state index contributed by atoms with van der Waals surface area (Å²) in [6.07, 6.45) is 0. The first-order chi connectivity index (χ1) is 9.52. The van der Waals surface area contributed by atoms with Crippen molar-refractivity contribution < 1.29 is 13.9 Å². The number of ether oxygens (including phenoxy) is 1. The number of hydrogen-bond acceptors (Lipinski definition) is 3. The summed E-state index contributed by atoms with van der Waals surface area (Å²) >= 11 is 5.64. The maximum atomic E-state index is 13.8. The van der Waals surface area contributed by atoms with Gasteiger partial charge in [0.05, 0.1) is 29.1 Å². The minimum Gasteiger partial charge on any atom is -0.497 e. The van der Waals surface area contributed by atoms with Gasteiger partial charge in [-0.15, -0.1) is 0 Å². The Morgan fingerprint density at radius 3 is 2.80 bits per heavy atom. The van der Waals surface area contributed by atoms with E-state index in [1.54, 1.807) is 18.2 Å². The normalized spacial score (nSPS) is 10.2. The number of nitrogen functional groups attached to an aromatic ring is 1. The van der Waals surface area contributed by atoms with Gasteiger partial charge in [-0.2, -0.15) is 0 Å². The Balaban J connectivity index is 2.30. The lowest BCUT2D eigenvalue weighted by Gasteiger charge is -2.10. The second kappa shape index (κ2) is 5.79. The zero-order chi connectivity index (χ0) is 14.7. The highest BCUT2D eigenvalue weighted by Gasteiger charge is 2.15. The van der Waals surface area contributed by atoms with Crippen molar-refractivity contribution in [3.63, 3.8) is 0 Å². The number of rotatable bonds is 3. The summed E-state index contributed by atoms with van der Waals surface area (Å²) in [5.74, 6) is -0.876. The monoisotopic (exact) mass is 294 g/mol. The number of methoxy groups -OCH3 is 1. The van der Waals surface area contributed by atoms with Crippen molar-refractivity contribution in [2.45, 2.75) is 0 Å². The Morgan fingerprint density at radius 1 is 1.35 bits per heavy atom. The molecule has 2 aromatic carbocycles. The molecule has 0 aromatic heterocycles. The largest absolute Gasteiger partial charge is 0.497 e. The number of hydrogen-bond donors (Lipinski definition) is 2. The topological polar surface area (TPSA) is 64.3 Å². The van der Waals surface area contributed by atoms with Crippen molar-refractivity contribution in [3.05, 3.63) is 52.8 Å². The Hall–Kier alpha value is -2.27. The summed E-state index contributed by atoms with van der Waals surface area (Å²) < 4.78 is 18.8. The van der Waals surface area contributed by atoms with Crippen LogP contribution in [0.1, 0.15) is 10.4 Å². The molecule has 6 heteroatoms. The van der Waals surface area contributed by atoms with Crippen LogP contribution in [0.2, 0.25) is 5.02 Å². The molecule has 2 aromatic rings. The molecule has 4 nitrogen and oxygen atoms in total. The highest BCUT2D eigenvalue weighted by atomic mass is 35.5. The fourth-order valence-corrected chi connectivity index (χ4v) is 1.81. The van der Waals surface area contributed by atoms with Crippen molar-refractivity contribution in [1.82, 2.24) is 0 Å². The van der Waals surface area contributed by atoms with Crippen molar-refractivity contribution in [3.8, 4) is 5.75 Å². The molecule has 0 radical (unpaired) electrons. The Morgan fingerprint density at radius 2 is 2.10 bits per heavy atom. The molecule has 0 bridgehead atoms. The molecule has 0 aliphatic rings. The molecule has 0 saturated carbocycles. The van der Waals surface area contributed by atoms with Crippen molar-refractivity contribution in [2.24, 2.45) is 0 Å². The van der Waals surface area contributed by atoms with Gasteiger partial charge in [0.25, 0.3) is 5.91 Å². The third-order valence-corrected chi connectivity index (χ3v) is 3.00. The van der Waals surface area contributed by atoms with E-state index in [-0.39, 0.29) is 10.6 Å². The van der Waals surface area contributed by atoms with E-state index in [4.69, 9.17) is 22.1 Å². The van der Waals surface area contributed by atoms with Crippen LogP contribution in [0.3, 0.4) is 0 Å². The quantitative estimate of drug-likeness (QED) is 0.854. The summed E-state index contributed by atoms with van der Waals surface area (Å²) in [5, 5.41) is 2.41. The van der Waals surface area contributed by atoms with E-state index in [1.807, 2.05) is 0 Å². The molecule has 0 aliphatic heterocycles. The number of nitrogens with one attached hydrogen (secondary N) is 1. The molecule has 0 saturated heterocycles. The SMILES string of the molecule is COc1ccc(N)c(NC(=O)c2cccc(Cl)c2F)c1. The fourth-order valence-electron chi connectivity index (χ4n) is 1.64. The van der Waals surface area contributed by atoms with E-state index in [0.717, 1.165) is 0 Å². The predicted molar refractivity (Wildman–Crippen MR) is 76.8 cm³/mol. The van der Waals surface area contributed by atoms with Gasteiger partial charge in [0, 0.05) is 6.07 Å². The molecule has 104 valence electrons. The number of carbonyl (C=O) groups is 1. The van der Waals surface area contributed by atoms with Crippen molar-refractivity contribution in [2.75, 3.05) is 18.2 Å². The summed E-state index contributed by atoms with van der Waals surface area (Å²) in [5.41, 5.74) is 6.29. The molecule has 20 heavy (non-hydrogen) atoms. The molecule has 0 aliphatic carbocycles. The maximum Gasteiger partial charge on any atom is 0.258 e. The van der Waals surface area contributed by atoms with Crippen LogP contribution in [0.4, 0.5) is 15.8 Å². The zero-order valence-electron chi connectivity index (χ0n) is 10.6. The second-order valence-corrected chi connectivity index (χ2v) is 4.42. The molecule has 0 unspecified atom stereocenters. The number of anilines is 2. The average Bonchev–Trinajstić information content (AvgIpc) is 2.44. The van der Waals surface area contributed by atoms with Crippen LogP contribution < -0.4 is 15.8 Å². The van der Waals surface area contributed by atoms with Gasteiger partial charge in [0.15, 0.2) is 5.82 Å². The van der Waals surface area contributed by atoms with E-state index < -0.39 is 11.7 Å². The van der Waals surface area contributed by atoms with Crippen LogP contribution in [-0.2, 0) is 0 Å². The van der Waals surface area contributed by atoms with Gasteiger partial charge in [-0.3, -0.25) is 4.79 Å². The van der Waals surface area contributed by atoms with E-state index >= 15 is 0 Å². The Bertz CT molecular complexity index is 662. The first kappa shape index (κ1) is 14.1. The van der Waals surface area contributed by atoms with Crippen LogP contribution in [0, 0.1) is 5.82 Å². The first-order valence-corrected chi connectivity index (χ1v) is 6.09. The van der Waals surface area contributed by atoms with Gasteiger partial charge < -0.3 is 15.8 Å². The average molecular weight is 295 g/mol. The van der Waals surface area contributed by atoms with Gasteiger partial charge >= 0.3 is 0 Å². The number of nitrogens with two attached hydrogens (primary N) is 1. The van der Waals surface area contributed by atoms with E-state index in [0.29, 0.717) is 17.1 Å². The van der Waals surface area contributed by atoms with E-state index in [1.165, 1.54) is 25.3 Å². The van der Waals surface area contributed by atoms with E-state index in [2.05, 4.69) is 5.32 Å². The van der Waals surface area contributed by atoms with Gasteiger partial charge in [0.2, 0.25) is 0 Å². The van der Waals surface area contributed by atoms with Crippen LogP contribution in [0.15, 0.2) is 36.4 Å². The molecule has 2 rings (SSSR count). The standard InChI is InChI=1S/C14H12ClFN2O2/c1-20-8-5-6-11(17)12(7-8)18-14(19)9-3-2-4-10(15)13(9)16/h2-7H,17H2,1H3,(H,18,19). The number of carbonyl (C=O) groups excluding carboxylic acids is 1. The van der Waals surface area contributed by atoms with Crippen LogP contribution >= 0.6 is 11.6 Å². The second-order valence-electron chi connectivity index (χ2n) is 4.01. The highest BCUT2D eigenvalue weighted by molar-refractivity contribution is 6.31. The molecule has 0 fully saturated rings. The number of amides is 1. The summed E-state index contributed by atoms with van der Waals surface area (Å²) in [6, 6.07) is 9.00. The Kier molecular flexibility index (Phi) is 4.10. The summed E-state index contributed by atoms with van der Waals surface area (Å²) in [7, 11) is 1.49. The lowest BCUT2D eigenvalue weighted by molar-refractivity contribution is 0.102. The van der Waals surface area contributed by atoms with Crippen LogP contribution in [-0.4, -0.2) is 13.0 Å². The summed E-state index contributed by atoms with van der Waals surface area (Å²) in [6.45, 7) is 0. The first-order valence-electron chi connectivity index (χ1n) is 5.72. The van der Waals surface area contributed by atoms with Crippen LogP contribution in [0.25, 0.3) is 0 Å². The maximum absolute atomic E-state index is 13.8. The van der Waals surface area contributed by atoms with Gasteiger partial charge in [0.1, 0.15) is 5.75 Å². The zero-order valence-corrected chi connectivity index (χ0v) is 11.4. The van der Waals surface area contributed by atoms with Crippen LogP contribution in [0.5, 0.6) is 5.75 Å². The molecule has 0 atom stereocenters. The van der Waals surface area contributed by atoms with Crippen molar-refractivity contribution >= 4 is 28.9 Å². The van der Waals surface area contributed by atoms with Gasteiger partial charge in [-0.1, -0.05) is 17.7 Å². The third-order valence-electron chi connectivity index (χ3n) is 2.70. The lowest BCUT2D eigenvalue weighted by Crippen LogP contribution is -2.15. The molecule has 3 N–H and O–H groups in total. The van der Waals surface area contributed by atoms with E-state index in [9.17, 15) is 9.18 Å². The number of benzene rings is 2. The smallest absolute Gasteiger partial charge is 0.258 e. The summed E-state index contributed by atoms with van der Waals surface area (Å²) in [4.78, 5) is 12.0. The highest BCUT2D eigenvalue weighted by Crippen LogP contribution is 2.26. The molecule has 0 heterocycles. The van der Waals surface area contributed by atoms with Gasteiger partial charge in [-0.25, -0.2) is 4.39 Å². The molecular formula is C14H12ClFN2O2. The molecular weight excluding hydrogens is 283 g/mol. The molecule has 1 amide bonds. The minimum atomic E-state index is -0.770. The number of halogens is 2. The lowest BCUT2D eigenvalue weighted by atomic mass is 10.2. The molecule has 0 spiro atoms. The predicted octanol–water partition coefficient (Wildman–Crippen LogP) is 3.32. The fraction of sp³-hybridized carbons (Fsp3) is 0.0714. The minimum absolute atomic E-state index is 0.115. The van der Waals surface area contributed by atoms with Gasteiger partial charge in [-0.05, 0) is 24.3 Å². The Labute approximate surface area is 120 Å². The van der Waals surface area contributed by atoms with Crippen molar-refractivity contribution in [1.29, 1.82) is 0 Å².